The average molecular weight is 339 g/mol. The van der Waals surface area contributed by atoms with Crippen molar-refractivity contribution in [2.45, 2.75) is 26.2 Å². The maximum absolute atomic E-state index is 6.57. The lowest BCUT2D eigenvalue weighted by Crippen LogP contribution is -2.42. The molecule has 0 saturated carbocycles. The Bertz CT molecular complexity index is 599. The van der Waals surface area contributed by atoms with E-state index >= 15 is 0 Å². The van der Waals surface area contributed by atoms with Crippen LogP contribution in [0.25, 0.3) is 12.2 Å². The molecular formula is C20H26OSi2. The van der Waals surface area contributed by atoms with Crippen molar-refractivity contribution < 1.29 is 4.12 Å². The van der Waals surface area contributed by atoms with E-state index in [9.17, 15) is 0 Å². The summed E-state index contributed by atoms with van der Waals surface area (Å²) in [6.45, 7) is 9.05. The van der Waals surface area contributed by atoms with Gasteiger partial charge in [-0.25, -0.2) is 0 Å². The molecule has 0 N–H and O–H groups in total. The maximum atomic E-state index is 6.57. The summed E-state index contributed by atoms with van der Waals surface area (Å²) >= 11 is 0. The Hall–Kier alpha value is -1.69. The first-order valence-corrected chi connectivity index (χ1v) is 14.0. The Morgan fingerprint density at radius 1 is 0.609 bits per heavy atom. The van der Waals surface area contributed by atoms with Crippen LogP contribution in [0.4, 0.5) is 0 Å². The number of hydrogen-bond donors (Lipinski definition) is 0. The Kier molecular flexibility index (Phi) is 5.94. The minimum atomic E-state index is -1.83. The Balaban J connectivity index is 2.03. The molecule has 0 unspecified atom stereocenters. The summed E-state index contributed by atoms with van der Waals surface area (Å²) in [7, 11) is -3.66. The van der Waals surface area contributed by atoms with E-state index in [-0.39, 0.29) is 0 Å². The molecule has 0 aliphatic carbocycles. The van der Waals surface area contributed by atoms with E-state index in [0.29, 0.717) is 0 Å². The summed E-state index contributed by atoms with van der Waals surface area (Å²) in [6.07, 6.45) is 4.38. The van der Waals surface area contributed by atoms with Crippen LogP contribution in [0.2, 0.25) is 26.2 Å². The molecule has 1 nitrogen and oxygen atoms in total. The third kappa shape index (κ3) is 6.52. The first-order valence-electron chi connectivity index (χ1n) is 8.05. The minimum absolute atomic E-state index is 1.23. The SMILES string of the molecule is C[Si](C)(C=Cc1ccccc1)O[Si](C)(C)C=Cc1ccccc1. The molecular weight excluding hydrogens is 312 g/mol. The zero-order valence-corrected chi connectivity index (χ0v) is 16.5. The van der Waals surface area contributed by atoms with Gasteiger partial charge < -0.3 is 4.12 Å². The normalized spacial score (nSPS) is 13.0. The second-order valence-electron chi connectivity index (χ2n) is 6.80. The van der Waals surface area contributed by atoms with Crippen LogP contribution in [0.5, 0.6) is 0 Å². The Labute approximate surface area is 142 Å². The van der Waals surface area contributed by atoms with Crippen molar-refractivity contribution >= 4 is 28.8 Å². The minimum Gasteiger partial charge on any atom is -0.449 e. The highest BCUT2D eigenvalue weighted by atomic mass is 28.4. The van der Waals surface area contributed by atoms with Gasteiger partial charge in [-0.05, 0) is 37.3 Å². The summed E-state index contributed by atoms with van der Waals surface area (Å²) in [5.41, 5.74) is 7.04. The molecule has 0 bridgehead atoms. The lowest BCUT2D eigenvalue weighted by molar-refractivity contribution is 0.571. The van der Waals surface area contributed by atoms with Crippen LogP contribution in [0.1, 0.15) is 11.1 Å². The van der Waals surface area contributed by atoms with Gasteiger partial charge in [0, 0.05) is 0 Å². The molecule has 2 aromatic carbocycles. The third-order valence-electron chi connectivity index (χ3n) is 3.48. The summed E-state index contributed by atoms with van der Waals surface area (Å²) < 4.78 is 6.57. The van der Waals surface area contributed by atoms with Gasteiger partial charge >= 0.3 is 0 Å². The van der Waals surface area contributed by atoms with Crippen molar-refractivity contribution in [3.05, 3.63) is 83.2 Å². The largest absolute Gasteiger partial charge is 0.449 e. The first kappa shape index (κ1) is 17.7. The van der Waals surface area contributed by atoms with Gasteiger partial charge in [-0.3, -0.25) is 0 Å². The molecule has 0 radical (unpaired) electrons. The van der Waals surface area contributed by atoms with Crippen molar-refractivity contribution in [3.63, 3.8) is 0 Å². The van der Waals surface area contributed by atoms with Crippen molar-refractivity contribution in [1.82, 2.24) is 0 Å². The fourth-order valence-electron chi connectivity index (χ4n) is 2.47. The molecule has 0 aliphatic heterocycles. The van der Waals surface area contributed by atoms with Gasteiger partial charge in [0.2, 0.25) is 0 Å². The fourth-order valence-corrected chi connectivity index (χ4v) is 9.62. The van der Waals surface area contributed by atoms with Gasteiger partial charge in [-0.15, -0.1) is 0 Å². The van der Waals surface area contributed by atoms with Crippen LogP contribution in [0.3, 0.4) is 0 Å². The van der Waals surface area contributed by atoms with E-state index in [2.05, 4.69) is 98.3 Å². The smallest absolute Gasteiger partial charge is 0.198 e. The monoisotopic (exact) mass is 338 g/mol. The van der Waals surface area contributed by atoms with E-state index in [1.54, 1.807) is 0 Å². The molecule has 0 aromatic heterocycles. The van der Waals surface area contributed by atoms with Crippen LogP contribution in [-0.4, -0.2) is 16.6 Å². The number of hydrogen-bond acceptors (Lipinski definition) is 1. The lowest BCUT2D eigenvalue weighted by Gasteiger charge is -2.29. The molecule has 23 heavy (non-hydrogen) atoms. The molecule has 0 saturated heterocycles. The highest BCUT2D eigenvalue weighted by Gasteiger charge is 2.29. The van der Waals surface area contributed by atoms with Gasteiger partial charge in [0.1, 0.15) is 0 Å². The van der Waals surface area contributed by atoms with Crippen molar-refractivity contribution in [1.29, 1.82) is 0 Å². The highest BCUT2D eigenvalue weighted by molar-refractivity contribution is 6.90. The fraction of sp³-hybridized carbons (Fsp3) is 0.200. The Morgan fingerprint density at radius 3 is 1.30 bits per heavy atom. The average Bonchev–Trinajstić information content (AvgIpc) is 2.52. The topological polar surface area (TPSA) is 9.23 Å². The predicted octanol–water partition coefficient (Wildman–Crippen LogP) is 5.92. The van der Waals surface area contributed by atoms with E-state index in [1.165, 1.54) is 11.1 Å². The zero-order chi connectivity index (χ0) is 16.8. The molecule has 2 aromatic rings. The van der Waals surface area contributed by atoms with Gasteiger partial charge in [0.25, 0.3) is 0 Å². The number of rotatable bonds is 6. The van der Waals surface area contributed by atoms with E-state index in [4.69, 9.17) is 4.12 Å². The Morgan fingerprint density at radius 2 is 0.957 bits per heavy atom. The standard InChI is InChI=1S/C20H26OSi2/c1-22(2,17-15-19-11-7-5-8-12-19)21-23(3,4)18-16-20-13-9-6-10-14-20/h5-18H,1-4H3. The molecule has 2 rings (SSSR count). The van der Waals surface area contributed by atoms with E-state index in [1.807, 2.05) is 12.1 Å². The van der Waals surface area contributed by atoms with Gasteiger partial charge in [-0.1, -0.05) is 84.2 Å². The van der Waals surface area contributed by atoms with Crippen molar-refractivity contribution in [3.8, 4) is 0 Å². The summed E-state index contributed by atoms with van der Waals surface area (Å²) in [5.74, 6) is 0. The number of benzene rings is 2. The van der Waals surface area contributed by atoms with Crippen LogP contribution in [-0.2, 0) is 4.12 Å². The summed E-state index contributed by atoms with van der Waals surface area (Å²) in [5, 5.41) is 0. The summed E-state index contributed by atoms with van der Waals surface area (Å²) in [6, 6.07) is 20.8. The quantitative estimate of drug-likeness (QED) is 0.594. The molecule has 0 aliphatic rings. The van der Waals surface area contributed by atoms with E-state index < -0.39 is 16.6 Å². The van der Waals surface area contributed by atoms with Crippen LogP contribution in [0.15, 0.2) is 72.1 Å². The van der Waals surface area contributed by atoms with Crippen LogP contribution >= 0.6 is 0 Å². The molecule has 0 atom stereocenters. The molecule has 120 valence electrons. The van der Waals surface area contributed by atoms with Crippen molar-refractivity contribution in [2.24, 2.45) is 0 Å². The lowest BCUT2D eigenvalue weighted by atomic mass is 10.2. The van der Waals surface area contributed by atoms with Crippen LogP contribution in [0, 0.1) is 0 Å². The highest BCUT2D eigenvalue weighted by Crippen LogP contribution is 2.19. The van der Waals surface area contributed by atoms with Gasteiger partial charge in [0.15, 0.2) is 16.6 Å². The zero-order valence-electron chi connectivity index (χ0n) is 14.5. The predicted molar refractivity (Wildman–Crippen MR) is 107 cm³/mol. The molecule has 0 fully saturated rings. The second kappa shape index (κ2) is 7.73. The second-order valence-corrected chi connectivity index (χ2v) is 14.7. The first-order chi connectivity index (χ1) is 10.9. The molecule has 0 spiro atoms. The molecule has 0 amide bonds. The van der Waals surface area contributed by atoms with Gasteiger partial charge in [0.05, 0.1) is 0 Å². The maximum Gasteiger partial charge on any atom is 0.198 e. The van der Waals surface area contributed by atoms with Crippen LogP contribution < -0.4 is 0 Å². The van der Waals surface area contributed by atoms with E-state index in [0.717, 1.165) is 0 Å². The third-order valence-corrected chi connectivity index (χ3v) is 9.63. The summed E-state index contributed by atoms with van der Waals surface area (Å²) in [4.78, 5) is 0. The molecule has 0 heterocycles. The van der Waals surface area contributed by atoms with Crippen molar-refractivity contribution in [2.75, 3.05) is 0 Å². The molecule has 3 heteroatoms. The van der Waals surface area contributed by atoms with Gasteiger partial charge in [-0.2, -0.15) is 0 Å².